The van der Waals surface area contributed by atoms with Crippen LogP contribution in [0.1, 0.15) is 11.5 Å². The molecule has 0 aliphatic rings. The molecule has 0 bridgehead atoms. The second-order valence-electron chi connectivity index (χ2n) is 7.15. The molecule has 0 saturated heterocycles. The van der Waals surface area contributed by atoms with Crippen molar-refractivity contribution in [2.24, 2.45) is 0 Å². The molecule has 5 aromatic rings. The number of hydrogen-bond donors (Lipinski definition) is 0. The van der Waals surface area contributed by atoms with Gasteiger partial charge in [0.25, 0.3) is 5.56 Å². The molecule has 3 heterocycles. The molecular weight excluding hydrogens is 464 g/mol. The summed E-state index contributed by atoms with van der Waals surface area (Å²) < 4.78 is 17.7. The molecule has 3 aromatic heterocycles. The summed E-state index contributed by atoms with van der Waals surface area (Å²) in [6.07, 6.45) is 1.54. The Hall–Kier alpha value is -3.56. The van der Waals surface area contributed by atoms with Gasteiger partial charge in [-0.3, -0.25) is 9.36 Å². The molecule has 10 heteroatoms. The van der Waals surface area contributed by atoms with Crippen LogP contribution in [0.15, 0.2) is 73.7 Å². The zero-order valence-corrected chi connectivity index (χ0v) is 19.2. The maximum atomic E-state index is 13.6. The fourth-order valence-corrected chi connectivity index (χ4v) is 4.38. The highest BCUT2D eigenvalue weighted by atomic mass is 35.5. The van der Waals surface area contributed by atoms with E-state index in [4.69, 9.17) is 30.3 Å². The largest absolute Gasteiger partial charge is 0.495 e. The molecule has 0 N–H and O–H groups in total. The second-order valence-corrected chi connectivity index (χ2v) is 8.53. The number of aryl methyl sites for hydroxylation is 1. The Kier molecular flexibility index (Phi) is 5.65. The van der Waals surface area contributed by atoms with Gasteiger partial charge in [0, 0.05) is 5.02 Å². The summed E-state index contributed by atoms with van der Waals surface area (Å²) in [7, 11) is 1.56. The first-order chi connectivity index (χ1) is 16.0. The third-order valence-corrected chi connectivity index (χ3v) is 6.07. The van der Waals surface area contributed by atoms with E-state index in [-0.39, 0.29) is 5.56 Å². The van der Waals surface area contributed by atoms with Crippen LogP contribution in [0.5, 0.6) is 5.75 Å². The molecule has 5 rings (SSSR count). The minimum atomic E-state index is -0.232. The number of thioether (sulfide) groups is 1. The van der Waals surface area contributed by atoms with E-state index in [0.717, 1.165) is 5.56 Å². The van der Waals surface area contributed by atoms with Gasteiger partial charge in [0.2, 0.25) is 11.7 Å². The van der Waals surface area contributed by atoms with E-state index in [9.17, 15) is 4.79 Å². The van der Waals surface area contributed by atoms with Crippen LogP contribution in [-0.4, -0.2) is 26.8 Å². The quantitative estimate of drug-likeness (QED) is 0.239. The molecule has 0 fully saturated rings. The smallest absolute Gasteiger partial charge is 0.266 e. The van der Waals surface area contributed by atoms with E-state index in [1.807, 2.05) is 25.1 Å². The van der Waals surface area contributed by atoms with Crippen LogP contribution in [0, 0.1) is 6.92 Å². The van der Waals surface area contributed by atoms with Crippen molar-refractivity contribution in [2.75, 3.05) is 7.11 Å². The first-order valence-electron chi connectivity index (χ1n) is 9.90. The van der Waals surface area contributed by atoms with Gasteiger partial charge in [0.1, 0.15) is 5.75 Å². The molecule has 0 spiro atoms. The van der Waals surface area contributed by atoms with Crippen LogP contribution in [-0.2, 0) is 5.75 Å². The number of nitrogens with zero attached hydrogens (tertiary/aromatic N) is 4. The molecule has 0 saturated carbocycles. The van der Waals surface area contributed by atoms with Crippen LogP contribution in [0.2, 0.25) is 5.02 Å². The molecule has 0 atom stereocenters. The fraction of sp³-hybridized carbons (Fsp3) is 0.130. The standard InChI is InChI=1S/C23H17ClN4O4S/c1-13-5-8-18(30-2)17(10-13)28-22(29)15-7-6-14(24)11-16(15)25-23(28)33-12-20-26-21(27-32-20)19-4-3-9-31-19/h3-11H,12H2,1-2H3. The normalized spacial score (nSPS) is 11.2. The Labute approximate surface area is 197 Å². The molecule has 0 unspecified atom stereocenters. The molecule has 2 aromatic carbocycles. The number of aromatic nitrogens is 4. The van der Waals surface area contributed by atoms with Gasteiger partial charge in [-0.2, -0.15) is 4.98 Å². The van der Waals surface area contributed by atoms with E-state index in [2.05, 4.69) is 10.1 Å². The number of benzene rings is 2. The first kappa shape index (κ1) is 21.3. The van der Waals surface area contributed by atoms with Crippen molar-refractivity contribution in [3.05, 3.63) is 81.6 Å². The average Bonchev–Trinajstić information content (AvgIpc) is 3.49. The van der Waals surface area contributed by atoms with E-state index in [0.29, 0.717) is 55.7 Å². The highest BCUT2D eigenvalue weighted by Gasteiger charge is 2.19. The molecular formula is C23H17ClN4O4S. The molecule has 0 radical (unpaired) electrons. The van der Waals surface area contributed by atoms with Crippen LogP contribution in [0.4, 0.5) is 0 Å². The van der Waals surface area contributed by atoms with Crippen LogP contribution >= 0.6 is 23.4 Å². The van der Waals surface area contributed by atoms with Gasteiger partial charge in [-0.15, -0.1) is 0 Å². The summed E-state index contributed by atoms with van der Waals surface area (Å²) >= 11 is 7.45. The summed E-state index contributed by atoms with van der Waals surface area (Å²) in [6.45, 7) is 1.95. The fourth-order valence-electron chi connectivity index (χ4n) is 3.37. The molecule has 0 aliphatic carbocycles. The predicted molar refractivity (Wildman–Crippen MR) is 125 cm³/mol. The molecule has 8 nitrogen and oxygen atoms in total. The highest BCUT2D eigenvalue weighted by molar-refractivity contribution is 7.98. The topological polar surface area (TPSA) is 96.2 Å². The lowest BCUT2D eigenvalue weighted by atomic mass is 10.2. The number of fused-ring (bicyclic) bond motifs is 1. The number of halogens is 1. The van der Waals surface area contributed by atoms with Crippen molar-refractivity contribution in [1.82, 2.24) is 19.7 Å². The third kappa shape index (κ3) is 4.12. The maximum absolute atomic E-state index is 13.6. The van der Waals surface area contributed by atoms with Gasteiger partial charge in [-0.05, 0) is 55.0 Å². The summed E-state index contributed by atoms with van der Waals surface area (Å²) in [5, 5.41) is 5.34. The number of ether oxygens (including phenoxy) is 1. The van der Waals surface area contributed by atoms with Crippen molar-refractivity contribution >= 4 is 34.3 Å². The minimum Gasteiger partial charge on any atom is -0.495 e. The lowest BCUT2D eigenvalue weighted by Crippen LogP contribution is -2.22. The van der Waals surface area contributed by atoms with Gasteiger partial charge in [0.05, 0.1) is 35.7 Å². The monoisotopic (exact) mass is 480 g/mol. The molecule has 166 valence electrons. The molecule has 33 heavy (non-hydrogen) atoms. The van der Waals surface area contributed by atoms with Gasteiger partial charge >= 0.3 is 0 Å². The van der Waals surface area contributed by atoms with Crippen molar-refractivity contribution in [3.63, 3.8) is 0 Å². The van der Waals surface area contributed by atoms with Crippen LogP contribution in [0.25, 0.3) is 28.2 Å². The summed E-state index contributed by atoms with van der Waals surface area (Å²) in [4.78, 5) is 22.6. The van der Waals surface area contributed by atoms with E-state index in [1.54, 1.807) is 37.4 Å². The Morgan fingerprint density at radius 2 is 2.03 bits per heavy atom. The van der Waals surface area contributed by atoms with E-state index in [1.165, 1.54) is 22.6 Å². The Balaban J connectivity index is 1.60. The number of furan rings is 1. The van der Waals surface area contributed by atoms with Crippen molar-refractivity contribution in [1.29, 1.82) is 0 Å². The van der Waals surface area contributed by atoms with Crippen LogP contribution < -0.4 is 10.3 Å². The zero-order valence-electron chi connectivity index (χ0n) is 17.6. The Morgan fingerprint density at radius 3 is 2.82 bits per heavy atom. The SMILES string of the molecule is COc1ccc(C)cc1-n1c(SCc2nc(-c3ccco3)no2)nc2cc(Cl)ccc2c1=O. The number of hydrogen-bond acceptors (Lipinski definition) is 8. The lowest BCUT2D eigenvalue weighted by molar-refractivity contribution is 0.390. The summed E-state index contributed by atoms with van der Waals surface area (Å²) in [5.74, 6) is 2.08. The predicted octanol–water partition coefficient (Wildman–Crippen LogP) is 5.29. The maximum Gasteiger partial charge on any atom is 0.266 e. The van der Waals surface area contributed by atoms with Gasteiger partial charge in [-0.25, -0.2) is 4.98 Å². The first-order valence-corrected chi connectivity index (χ1v) is 11.3. The zero-order chi connectivity index (χ0) is 22.9. The van der Waals surface area contributed by atoms with Gasteiger partial charge in [0.15, 0.2) is 10.9 Å². The summed E-state index contributed by atoms with van der Waals surface area (Å²) in [6, 6.07) is 14.1. The lowest BCUT2D eigenvalue weighted by Gasteiger charge is -2.16. The third-order valence-electron chi connectivity index (χ3n) is 4.91. The van der Waals surface area contributed by atoms with Gasteiger partial charge < -0.3 is 13.7 Å². The average molecular weight is 481 g/mol. The second kappa shape index (κ2) is 8.76. The van der Waals surface area contributed by atoms with Crippen molar-refractivity contribution in [3.8, 4) is 23.0 Å². The Morgan fingerprint density at radius 1 is 1.15 bits per heavy atom. The Bertz CT molecular complexity index is 1510. The number of rotatable bonds is 6. The van der Waals surface area contributed by atoms with E-state index >= 15 is 0 Å². The van der Waals surface area contributed by atoms with E-state index < -0.39 is 0 Å². The molecule has 0 aliphatic heterocycles. The highest BCUT2D eigenvalue weighted by Crippen LogP contribution is 2.30. The minimum absolute atomic E-state index is 0.232. The van der Waals surface area contributed by atoms with Crippen molar-refractivity contribution in [2.45, 2.75) is 17.8 Å². The molecule has 0 amide bonds. The van der Waals surface area contributed by atoms with Gasteiger partial charge in [-0.1, -0.05) is 34.6 Å². The van der Waals surface area contributed by atoms with Crippen LogP contribution in [0.3, 0.4) is 0 Å². The number of methoxy groups -OCH3 is 1. The summed E-state index contributed by atoms with van der Waals surface area (Å²) in [5.41, 5.74) is 1.84. The van der Waals surface area contributed by atoms with Crippen molar-refractivity contribution < 1.29 is 13.7 Å².